The summed E-state index contributed by atoms with van der Waals surface area (Å²) in [5.41, 5.74) is 5.13. The van der Waals surface area contributed by atoms with Crippen molar-refractivity contribution in [3.8, 4) is 0 Å². The lowest BCUT2D eigenvalue weighted by Crippen LogP contribution is -2.33. The largest absolute Gasteiger partial charge is 0.352 e. The van der Waals surface area contributed by atoms with E-state index in [1.165, 1.54) is 0 Å². The molecule has 0 saturated carbocycles. The van der Waals surface area contributed by atoms with Crippen molar-refractivity contribution in [3.63, 3.8) is 0 Å². The normalized spacial score (nSPS) is 18.0. The molecule has 166 valence electrons. The van der Waals surface area contributed by atoms with E-state index in [9.17, 15) is 4.79 Å². The molecule has 32 heavy (non-hydrogen) atoms. The molecule has 7 heteroatoms. The Morgan fingerprint density at radius 1 is 1.19 bits per heavy atom. The Morgan fingerprint density at radius 3 is 2.78 bits per heavy atom. The van der Waals surface area contributed by atoms with Crippen LogP contribution in [0.25, 0.3) is 0 Å². The molecule has 1 aliphatic rings. The van der Waals surface area contributed by atoms with Crippen molar-refractivity contribution in [2.45, 2.75) is 45.8 Å². The van der Waals surface area contributed by atoms with Crippen LogP contribution in [0.5, 0.6) is 0 Å². The molecule has 4 rings (SSSR count). The monoisotopic (exact) mass is 447 g/mol. The number of benzene rings is 1. The number of hydrogen-bond acceptors (Lipinski definition) is 3. The summed E-state index contributed by atoms with van der Waals surface area (Å²) in [6.45, 7) is 7.53. The van der Waals surface area contributed by atoms with E-state index in [0.29, 0.717) is 18.1 Å². The maximum atomic E-state index is 12.8. The van der Waals surface area contributed by atoms with Crippen molar-refractivity contribution in [1.82, 2.24) is 19.8 Å². The van der Waals surface area contributed by atoms with Crippen molar-refractivity contribution in [2.75, 3.05) is 11.9 Å². The van der Waals surface area contributed by atoms with Crippen LogP contribution in [0.1, 0.15) is 47.9 Å². The van der Waals surface area contributed by atoms with Crippen molar-refractivity contribution < 1.29 is 4.79 Å². The minimum absolute atomic E-state index is 0.0209. The molecular weight excluding hydrogens is 418 g/mol. The van der Waals surface area contributed by atoms with Crippen LogP contribution in [0.2, 0.25) is 0 Å². The van der Waals surface area contributed by atoms with Gasteiger partial charge >= 0.3 is 0 Å². The van der Waals surface area contributed by atoms with E-state index in [4.69, 9.17) is 12.2 Å². The van der Waals surface area contributed by atoms with E-state index in [1.54, 1.807) is 6.20 Å². The second-order valence-electron chi connectivity index (χ2n) is 8.16. The van der Waals surface area contributed by atoms with E-state index in [-0.39, 0.29) is 18.0 Å². The highest BCUT2D eigenvalue weighted by molar-refractivity contribution is 7.80. The predicted octanol–water partition coefficient (Wildman–Crippen LogP) is 4.52. The smallest absolute Gasteiger partial charge is 0.226 e. The first kappa shape index (κ1) is 22.0. The number of nitrogens with zero attached hydrogens (tertiary/aromatic N) is 3. The third-order valence-corrected chi connectivity index (χ3v) is 6.31. The Hall–Kier alpha value is -3.19. The number of hydrogen-bond donors (Lipinski definition) is 2. The fourth-order valence-corrected chi connectivity index (χ4v) is 4.59. The Morgan fingerprint density at radius 2 is 2.03 bits per heavy atom. The predicted molar refractivity (Wildman–Crippen MR) is 131 cm³/mol. The zero-order chi connectivity index (χ0) is 22.7. The second-order valence-corrected chi connectivity index (χ2v) is 8.54. The molecule has 6 nitrogen and oxygen atoms in total. The van der Waals surface area contributed by atoms with Gasteiger partial charge in [0.1, 0.15) is 0 Å². The molecule has 2 N–H and O–H groups in total. The Kier molecular flexibility index (Phi) is 6.55. The summed E-state index contributed by atoms with van der Waals surface area (Å²) in [5.74, 6) is -0.0209. The van der Waals surface area contributed by atoms with Gasteiger partial charge in [-0.25, -0.2) is 0 Å². The molecule has 1 saturated heterocycles. The summed E-state index contributed by atoms with van der Waals surface area (Å²) in [6.07, 6.45) is 4.22. The summed E-state index contributed by atoms with van der Waals surface area (Å²) >= 11 is 5.71. The van der Waals surface area contributed by atoms with Gasteiger partial charge in [-0.15, -0.1) is 0 Å². The minimum Gasteiger partial charge on any atom is -0.352 e. The molecule has 0 bridgehead atoms. The molecule has 1 amide bonds. The number of carbonyl (C=O) groups is 1. The third kappa shape index (κ3) is 4.53. The number of pyridine rings is 1. The standard InChI is InChI=1S/C25H29N5OS/c1-4-29-14-7-9-21(29)24-23(19-8-5-6-13-26-19)28-25(32)30(24)15-12-22(31)27-20-16-17(2)10-11-18(20)3/h5-11,13-14,16,23-24H,4,12,15H2,1-3H3,(H,27,31)(H,28,32)/t23-,24+/m0/s1. The van der Waals surface area contributed by atoms with Gasteiger partial charge in [0.25, 0.3) is 0 Å². The molecule has 2 aromatic heterocycles. The van der Waals surface area contributed by atoms with Gasteiger partial charge in [-0.1, -0.05) is 18.2 Å². The second kappa shape index (κ2) is 9.53. The molecule has 0 aliphatic carbocycles. The zero-order valence-electron chi connectivity index (χ0n) is 18.7. The van der Waals surface area contributed by atoms with E-state index in [1.807, 2.05) is 50.2 Å². The van der Waals surface area contributed by atoms with Crippen LogP contribution in [-0.2, 0) is 11.3 Å². The van der Waals surface area contributed by atoms with Crippen LogP contribution < -0.4 is 10.6 Å². The summed E-state index contributed by atoms with van der Waals surface area (Å²) in [6, 6.07) is 16.1. The maximum Gasteiger partial charge on any atom is 0.226 e. The molecule has 3 aromatic rings. The van der Waals surface area contributed by atoms with Crippen molar-refractivity contribution in [3.05, 3.63) is 83.4 Å². The number of carbonyl (C=O) groups excluding carboxylic acids is 1. The maximum absolute atomic E-state index is 12.8. The van der Waals surface area contributed by atoms with E-state index < -0.39 is 0 Å². The first-order chi connectivity index (χ1) is 15.5. The molecular formula is C25H29N5OS. The topological polar surface area (TPSA) is 62.2 Å². The van der Waals surface area contributed by atoms with Gasteiger partial charge in [0, 0.05) is 43.3 Å². The molecule has 1 fully saturated rings. The van der Waals surface area contributed by atoms with Crippen LogP contribution in [0, 0.1) is 13.8 Å². The number of rotatable bonds is 7. The lowest BCUT2D eigenvalue weighted by atomic mass is 10.0. The summed E-state index contributed by atoms with van der Waals surface area (Å²) in [4.78, 5) is 19.5. The SMILES string of the molecule is CCn1cccc1[C@@H]1[C@H](c2ccccn2)NC(=S)N1CCC(=O)Nc1cc(C)ccc1C. The summed E-state index contributed by atoms with van der Waals surface area (Å²) in [7, 11) is 0. The number of aromatic nitrogens is 2. The molecule has 2 atom stereocenters. The highest BCUT2D eigenvalue weighted by Crippen LogP contribution is 2.38. The Balaban J connectivity index is 1.55. The van der Waals surface area contributed by atoms with Crippen LogP contribution in [0.3, 0.4) is 0 Å². The van der Waals surface area contributed by atoms with Crippen LogP contribution >= 0.6 is 12.2 Å². The first-order valence-electron chi connectivity index (χ1n) is 11.0. The fourth-order valence-electron chi connectivity index (χ4n) is 4.26. The number of thiocarbonyl (C=S) groups is 1. The quantitative estimate of drug-likeness (QED) is 0.522. The number of anilines is 1. The molecule has 0 radical (unpaired) electrons. The molecule has 0 unspecified atom stereocenters. The lowest BCUT2D eigenvalue weighted by Gasteiger charge is -2.28. The van der Waals surface area contributed by atoms with Gasteiger partial charge in [0.2, 0.25) is 5.91 Å². The van der Waals surface area contributed by atoms with Gasteiger partial charge in [0.15, 0.2) is 5.11 Å². The number of nitrogens with one attached hydrogen (secondary N) is 2. The van der Waals surface area contributed by atoms with Crippen molar-refractivity contribution in [2.24, 2.45) is 0 Å². The average molecular weight is 448 g/mol. The van der Waals surface area contributed by atoms with Crippen molar-refractivity contribution >= 4 is 28.9 Å². The minimum atomic E-state index is -0.0778. The lowest BCUT2D eigenvalue weighted by molar-refractivity contribution is -0.116. The summed E-state index contributed by atoms with van der Waals surface area (Å²) < 4.78 is 2.22. The first-order valence-corrected chi connectivity index (χ1v) is 11.4. The van der Waals surface area contributed by atoms with Gasteiger partial charge in [0.05, 0.1) is 17.8 Å². The zero-order valence-corrected chi connectivity index (χ0v) is 19.5. The Labute approximate surface area is 194 Å². The molecule has 3 heterocycles. The van der Waals surface area contributed by atoms with Crippen LogP contribution in [0.4, 0.5) is 5.69 Å². The number of amides is 1. The van der Waals surface area contributed by atoms with Gasteiger partial charge in [-0.2, -0.15) is 0 Å². The number of aryl methyl sites for hydroxylation is 3. The van der Waals surface area contributed by atoms with E-state index >= 15 is 0 Å². The molecule has 1 aliphatic heterocycles. The highest BCUT2D eigenvalue weighted by Gasteiger charge is 2.40. The van der Waals surface area contributed by atoms with Crippen LogP contribution in [-0.4, -0.2) is 32.0 Å². The van der Waals surface area contributed by atoms with E-state index in [2.05, 4.69) is 50.3 Å². The molecule has 1 aromatic carbocycles. The van der Waals surface area contributed by atoms with Gasteiger partial charge < -0.3 is 20.1 Å². The van der Waals surface area contributed by atoms with Crippen LogP contribution in [0.15, 0.2) is 60.9 Å². The van der Waals surface area contributed by atoms with E-state index in [0.717, 1.165) is 34.7 Å². The Bertz CT molecular complexity index is 1110. The van der Waals surface area contributed by atoms with Gasteiger partial charge in [-0.3, -0.25) is 9.78 Å². The van der Waals surface area contributed by atoms with Crippen molar-refractivity contribution in [1.29, 1.82) is 0 Å². The highest BCUT2D eigenvalue weighted by atomic mass is 32.1. The third-order valence-electron chi connectivity index (χ3n) is 5.95. The average Bonchev–Trinajstić information content (AvgIpc) is 3.39. The van der Waals surface area contributed by atoms with Gasteiger partial charge in [-0.05, 0) is 74.4 Å². The fraction of sp³-hybridized carbons (Fsp3) is 0.320. The molecule has 0 spiro atoms. The summed E-state index contributed by atoms with van der Waals surface area (Å²) in [5, 5.41) is 7.16.